The van der Waals surface area contributed by atoms with Gasteiger partial charge in [-0.25, -0.2) is 13.2 Å². The lowest BCUT2D eigenvalue weighted by Crippen LogP contribution is -2.29. The van der Waals surface area contributed by atoms with Gasteiger partial charge in [0.15, 0.2) is 0 Å². The molecule has 5 rings (SSSR count). The van der Waals surface area contributed by atoms with Crippen molar-refractivity contribution in [3.63, 3.8) is 0 Å². The molecule has 34 heavy (non-hydrogen) atoms. The lowest BCUT2D eigenvalue weighted by molar-refractivity contribution is 0.0527. The predicted octanol–water partition coefficient (Wildman–Crippen LogP) is 4.42. The molecule has 0 spiro atoms. The van der Waals surface area contributed by atoms with Gasteiger partial charge in [-0.1, -0.05) is 18.2 Å². The van der Waals surface area contributed by atoms with Gasteiger partial charge in [-0.15, -0.1) is 11.3 Å². The molecule has 0 saturated heterocycles. The van der Waals surface area contributed by atoms with Gasteiger partial charge in [0, 0.05) is 17.0 Å². The first kappa shape index (κ1) is 22.6. The summed E-state index contributed by atoms with van der Waals surface area (Å²) in [6, 6.07) is 13.4. The number of nitrogens with zero attached hydrogens (tertiary/aromatic N) is 1. The molecule has 3 aromatic rings. The van der Waals surface area contributed by atoms with Crippen LogP contribution >= 0.6 is 11.3 Å². The number of benzene rings is 2. The topological polar surface area (TPSA) is 92.8 Å². The Morgan fingerprint density at radius 1 is 1.06 bits per heavy atom. The van der Waals surface area contributed by atoms with Crippen LogP contribution in [-0.2, 0) is 34.0 Å². The van der Waals surface area contributed by atoms with Gasteiger partial charge in [-0.2, -0.15) is 0 Å². The van der Waals surface area contributed by atoms with Crippen LogP contribution in [0.15, 0.2) is 53.4 Å². The van der Waals surface area contributed by atoms with E-state index < -0.39 is 21.9 Å². The molecule has 2 aliphatic rings. The Morgan fingerprint density at radius 3 is 2.59 bits per heavy atom. The standard InChI is InChI=1S/C25H24N2O5S2/c1-2-32-25(29)22-19-7-5-9-21(19)33-24(22)26-23(28)17-10-12-18(13-11-17)34(30,31)27-15-14-16-6-3-4-8-20(16)27/h3-4,6,8,10-13H,2,5,7,9,14-15H2,1H3,(H,26,28). The van der Waals surface area contributed by atoms with E-state index in [1.165, 1.54) is 39.9 Å². The number of ether oxygens (including phenoxy) is 1. The van der Waals surface area contributed by atoms with E-state index in [2.05, 4.69) is 5.32 Å². The zero-order valence-corrected chi connectivity index (χ0v) is 20.3. The van der Waals surface area contributed by atoms with E-state index in [0.29, 0.717) is 34.8 Å². The number of aryl methyl sites for hydroxylation is 1. The summed E-state index contributed by atoms with van der Waals surface area (Å²) < 4.78 is 33.0. The van der Waals surface area contributed by atoms with Crippen molar-refractivity contribution in [1.29, 1.82) is 0 Å². The molecule has 0 bridgehead atoms. The molecule has 0 fully saturated rings. The second-order valence-electron chi connectivity index (χ2n) is 8.22. The zero-order valence-electron chi connectivity index (χ0n) is 18.7. The lowest BCUT2D eigenvalue weighted by Gasteiger charge is -2.19. The maximum absolute atomic E-state index is 13.2. The summed E-state index contributed by atoms with van der Waals surface area (Å²) in [6.45, 7) is 2.40. The van der Waals surface area contributed by atoms with E-state index in [-0.39, 0.29) is 11.5 Å². The molecule has 7 nitrogen and oxygen atoms in total. The summed E-state index contributed by atoms with van der Waals surface area (Å²) in [5.74, 6) is -0.828. The minimum Gasteiger partial charge on any atom is -0.462 e. The number of amides is 1. The van der Waals surface area contributed by atoms with Crippen LogP contribution in [0.25, 0.3) is 0 Å². The number of esters is 1. The second-order valence-corrected chi connectivity index (χ2v) is 11.2. The average molecular weight is 497 g/mol. The Morgan fingerprint density at radius 2 is 1.82 bits per heavy atom. The highest BCUT2D eigenvalue weighted by Crippen LogP contribution is 2.40. The van der Waals surface area contributed by atoms with Crippen molar-refractivity contribution in [2.24, 2.45) is 0 Å². The van der Waals surface area contributed by atoms with Gasteiger partial charge in [0.2, 0.25) is 0 Å². The Bertz CT molecular complexity index is 1380. The molecule has 2 aromatic carbocycles. The van der Waals surface area contributed by atoms with E-state index in [1.807, 2.05) is 18.2 Å². The van der Waals surface area contributed by atoms with Gasteiger partial charge in [0.05, 0.1) is 22.8 Å². The summed E-state index contributed by atoms with van der Waals surface area (Å²) in [5.41, 5.74) is 3.42. The number of para-hydroxylation sites is 1. The highest BCUT2D eigenvalue weighted by molar-refractivity contribution is 7.92. The number of thiophene rings is 1. The molecule has 2 heterocycles. The first-order chi connectivity index (χ1) is 16.4. The third-order valence-electron chi connectivity index (χ3n) is 6.18. The normalized spacial score (nSPS) is 14.6. The van der Waals surface area contributed by atoms with Crippen molar-refractivity contribution in [1.82, 2.24) is 0 Å². The van der Waals surface area contributed by atoms with E-state index in [1.54, 1.807) is 13.0 Å². The highest BCUT2D eigenvalue weighted by atomic mass is 32.2. The lowest BCUT2D eigenvalue weighted by atomic mass is 10.1. The molecule has 1 aromatic heterocycles. The Hall–Kier alpha value is -3.17. The van der Waals surface area contributed by atoms with Gasteiger partial charge in [0.25, 0.3) is 15.9 Å². The van der Waals surface area contributed by atoms with Crippen LogP contribution in [-0.4, -0.2) is 33.4 Å². The smallest absolute Gasteiger partial charge is 0.341 e. The SMILES string of the molecule is CCOC(=O)c1c(NC(=O)c2ccc(S(=O)(=O)N3CCc4ccccc43)cc2)sc2c1CCC2. The maximum atomic E-state index is 13.2. The van der Waals surface area contributed by atoms with E-state index in [0.717, 1.165) is 35.3 Å². The fourth-order valence-corrected chi connectivity index (χ4v) is 7.33. The number of carbonyl (C=O) groups is 2. The molecule has 1 amide bonds. The van der Waals surface area contributed by atoms with Crippen molar-refractivity contribution >= 4 is 43.9 Å². The van der Waals surface area contributed by atoms with Gasteiger partial charge in [0.1, 0.15) is 5.00 Å². The van der Waals surface area contributed by atoms with Gasteiger partial charge in [-0.3, -0.25) is 9.10 Å². The number of fused-ring (bicyclic) bond motifs is 2. The summed E-state index contributed by atoms with van der Waals surface area (Å²) in [4.78, 5) is 26.7. The number of nitrogens with one attached hydrogen (secondary N) is 1. The minimum atomic E-state index is -3.73. The first-order valence-electron chi connectivity index (χ1n) is 11.2. The molecular weight excluding hydrogens is 472 g/mol. The first-order valence-corrected chi connectivity index (χ1v) is 13.5. The van der Waals surface area contributed by atoms with Gasteiger partial charge < -0.3 is 10.1 Å². The Kier molecular flexibility index (Phi) is 5.91. The summed E-state index contributed by atoms with van der Waals surface area (Å²) in [5, 5.41) is 3.33. The second kappa shape index (κ2) is 8.88. The Labute approximate surface area is 202 Å². The number of hydrogen-bond acceptors (Lipinski definition) is 6. The molecule has 1 N–H and O–H groups in total. The van der Waals surface area contributed by atoms with Crippen molar-refractivity contribution in [2.45, 2.75) is 37.5 Å². The molecular formula is C25H24N2O5S2. The molecule has 9 heteroatoms. The maximum Gasteiger partial charge on any atom is 0.341 e. The third-order valence-corrected chi connectivity index (χ3v) is 9.21. The van der Waals surface area contributed by atoms with Crippen LogP contribution in [0.3, 0.4) is 0 Å². The van der Waals surface area contributed by atoms with Crippen molar-refractivity contribution in [2.75, 3.05) is 22.8 Å². The third kappa shape index (κ3) is 3.88. The largest absolute Gasteiger partial charge is 0.462 e. The fourth-order valence-electron chi connectivity index (χ4n) is 4.55. The molecule has 0 atom stereocenters. The summed E-state index contributed by atoms with van der Waals surface area (Å²) in [7, 11) is -3.73. The number of carbonyl (C=O) groups excluding carboxylic acids is 2. The predicted molar refractivity (Wildman–Crippen MR) is 131 cm³/mol. The molecule has 0 unspecified atom stereocenters. The molecule has 176 valence electrons. The molecule has 1 aliphatic heterocycles. The number of anilines is 2. The highest BCUT2D eigenvalue weighted by Gasteiger charge is 2.31. The van der Waals surface area contributed by atoms with Crippen LogP contribution in [0.5, 0.6) is 0 Å². The van der Waals surface area contributed by atoms with E-state index >= 15 is 0 Å². The Balaban J connectivity index is 1.37. The number of sulfonamides is 1. The molecule has 0 radical (unpaired) electrons. The monoisotopic (exact) mass is 496 g/mol. The van der Waals surface area contributed by atoms with E-state index in [4.69, 9.17) is 4.74 Å². The van der Waals surface area contributed by atoms with Crippen LogP contribution < -0.4 is 9.62 Å². The fraction of sp³-hybridized carbons (Fsp3) is 0.280. The van der Waals surface area contributed by atoms with Crippen molar-refractivity contribution in [3.05, 3.63) is 75.7 Å². The van der Waals surface area contributed by atoms with Crippen LogP contribution in [0.4, 0.5) is 10.7 Å². The molecule has 1 aliphatic carbocycles. The minimum absolute atomic E-state index is 0.128. The summed E-state index contributed by atoms with van der Waals surface area (Å²) in [6.07, 6.45) is 3.33. The zero-order chi connectivity index (χ0) is 23.9. The van der Waals surface area contributed by atoms with E-state index in [9.17, 15) is 18.0 Å². The quantitative estimate of drug-likeness (QED) is 0.510. The van der Waals surface area contributed by atoms with Crippen molar-refractivity contribution in [3.8, 4) is 0 Å². The van der Waals surface area contributed by atoms with Crippen LogP contribution in [0, 0.1) is 0 Å². The van der Waals surface area contributed by atoms with Gasteiger partial charge >= 0.3 is 5.97 Å². The van der Waals surface area contributed by atoms with Gasteiger partial charge in [-0.05, 0) is 74.1 Å². The van der Waals surface area contributed by atoms with Crippen LogP contribution in [0.1, 0.15) is 50.1 Å². The van der Waals surface area contributed by atoms with Crippen molar-refractivity contribution < 1.29 is 22.7 Å². The summed E-state index contributed by atoms with van der Waals surface area (Å²) >= 11 is 1.41. The molecule has 0 saturated carbocycles. The number of rotatable bonds is 6. The number of hydrogen-bond donors (Lipinski definition) is 1. The average Bonchev–Trinajstić information content (AvgIpc) is 3.53. The van der Waals surface area contributed by atoms with Crippen LogP contribution in [0.2, 0.25) is 0 Å².